The van der Waals surface area contributed by atoms with Gasteiger partial charge in [0.2, 0.25) is 0 Å². The molecule has 0 spiro atoms. The van der Waals surface area contributed by atoms with E-state index >= 15 is 0 Å². The molecule has 1 aromatic carbocycles. The Labute approximate surface area is 126 Å². The number of hydrogen-bond donors (Lipinski definition) is 2. The highest BCUT2D eigenvalue weighted by Gasteiger charge is 2.27. The van der Waals surface area contributed by atoms with E-state index in [2.05, 4.69) is 4.72 Å². The lowest BCUT2D eigenvalue weighted by molar-refractivity contribution is 0.494. The summed E-state index contributed by atoms with van der Waals surface area (Å²) in [5.41, 5.74) is 5.61. The Kier molecular flexibility index (Phi) is 4.27. The van der Waals surface area contributed by atoms with E-state index in [1.165, 1.54) is 19.1 Å². The van der Waals surface area contributed by atoms with Crippen molar-refractivity contribution >= 4 is 27.3 Å². The Morgan fingerprint density at radius 1 is 1.33 bits per heavy atom. The van der Waals surface area contributed by atoms with Crippen LogP contribution in [0.2, 0.25) is 5.02 Å². The Morgan fingerprint density at radius 3 is 2.57 bits per heavy atom. The van der Waals surface area contributed by atoms with Crippen molar-refractivity contribution in [3.8, 4) is 0 Å². The van der Waals surface area contributed by atoms with Crippen molar-refractivity contribution in [2.75, 3.05) is 4.72 Å². The fourth-order valence-corrected chi connectivity index (χ4v) is 3.89. The molecule has 0 amide bonds. The van der Waals surface area contributed by atoms with E-state index in [9.17, 15) is 12.8 Å². The maximum absolute atomic E-state index is 13.7. The van der Waals surface area contributed by atoms with E-state index in [4.69, 9.17) is 21.8 Å². The number of rotatable bonds is 4. The van der Waals surface area contributed by atoms with Gasteiger partial charge in [-0.3, -0.25) is 4.72 Å². The van der Waals surface area contributed by atoms with Gasteiger partial charge in [0, 0.05) is 12.1 Å². The van der Waals surface area contributed by atoms with Crippen molar-refractivity contribution in [1.82, 2.24) is 0 Å². The highest BCUT2D eigenvalue weighted by atomic mass is 35.5. The fourth-order valence-electron chi connectivity index (χ4n) is 2.08. The van der Waals surface area contributed by atoms with Crippen molar-refractivity contribution in [3.63, 3.8) is 0 Å². The quantitative estimate of drug-likeness (QED) is 0.901. The van der Waals surface area contributed by atoms with Gasteiger partial charge in [-0.05, 0) is 26.0 Å². The molecule has 0 atom stereocenters. The average molecular weight is 333 g/mol. The van der Waals surface area contributed by atoms with E-state index in [-0.39, 0.29) is 27.9 Å². The maximum atomic E-state index is 13.7. The van der Waals surface area contributed by atoms with Crippen LogP contribution in [-0.2, 0) is 16.6 Å². The number of furan rings is 1. The number of para-hydroxylation sites is 1. The molecule has 0 aliphatic heterocycles. The monoisotopic (exact) mass is 332 g/mol. The Bertz CT molecular complexity index is 767. The third-order valence-corrected chi connectivity index (χ3v) is 4.86. The molecule has 2 rings (SSSR count). The minimum atomic E-state index is -4.06. The van der Waals surface area contributed by atoms with Gasteiger partial charge in [0.05, 0.1) is 5.02 Å². The van der Waals surface area contributed by atoms with E-state index < -0.39 is 15.8 Å². The summed E-state index contributed by atoms with van der Waals surface area (Å²) in [5, 5.41) is -0.0363. The normalized spacial score (nSPS) is 11.7. The van der Waals surface area contributed by atoms with Gasteiger partial charge in [0.1, 0.15) is 27.9 Å². The predicted molar refractivity (Wildman–Crippen MR) is 78.3 cm³/mol. The topological polar surface area (TPSA) is 85.3 Å². The van der Waals surface area contributed by atoms with Gasteiger partial charge in [-0.1, -0.05) is 17.7 Å². The van der Waals surface area contributed by atoms with Crippen LogP contribution >= 0.6 is 11.6 Å². The molecule has 0 bridgehead atoms. The minimum absolute atomic E-state index is 0.00950. The molecule has 0 aliphatic carbocycles. The predicted octanol–water partition coefficient (Wildman–Crippen LogP) is 2.95. The van der Waals surface area contributed by atoms with Gasteiger partial charge < -0.3 is 10.2 Å². The van der Waals surface area contributed by atoms with Crippen LogP contribution in [0.15, 0.2) is 27.5 Å². The van der Waals surface area contributed by atoms with Crippen LogP contribution in [0.3, 0.4) is 0 Å². The third-order valence-electron chi connectivity index (χ3n) is 3.00. The lowest BCUT2D eigenvalue weighted by Crippen LogP contribution is -2.17. The van der Waals surface area contributed by atoms with Crippen LogP contribution < -0.4 is 10.5 Å². The largest absolute Gasteiger partial charge is 0.465 e. The molecule has 1 heterocycles. The number of aryl methyl sites for hydroxylation is 2. The van der Waals surface area contributed by atoms with Crippen LogP contribution in [0.5, 0.6) is 0 Å². The molecule has 1 aromatic heterocycles. The molecule has 8 heteroatoms. The molecule has 114 valence electrons. The van der Waals surface area contributed by atoms with Crippen LogP contribution in [0.4, 0.5) is 10.1 Å². The summed E-state index contributed by atoms with van der Waals surface area (Å²) in [7, 11) is -4.06. The second-order valence-electron chi connectivity index (χ2n) is 4.43. The van der Waals surface area contributed by atoms with Crippen LogP contribution in [0, 0.1) is 19.7 Å². The van der Waals surface area contributed by atoms with E-state index in [1.807, 2.05) is 0 Å². The summed E-state index contributed by atoms with van der Waals surface area (Å²) in [6.07, 6.45) is 0. The summed E-state index contributed by atoms with van der Waals surface area (Å²) < 4.78 is 46.1. The smallest absolute Gasteiger partial charge is 0.265 e. The van der Waals surface area contributed by atoms with Crippen molar-refractivity contribution in [2.24, 2.45) is 5.73 Å². The number of sulfonamides is 1. The molecular formula is C13H14ClFN2O3S. The molecule has 0 radical (unpaired) electrons. The van der Waals surface area contributed by atoms with Gasteiger partial charge in [0.25, 0.3) is 10.0 Å². The maximum Gasteiger partial charge on any atom is 0.265 e. The van der Waals surface area contributed by atoms with Crippen LogP contribution in [-0.4, -0.2) is 8.42 Å². The average Bonchev–Trinajstić information content (AvgIpc) is 2.69. The highest BCUT2D eigenvalue weighted by molar-refractivity contribution is 7.92. The zero-order valence-electron chi connectivity index (χ0n) is 11.4. The first-order valence-corrected chi connectivity index (χ1v) is 7.89. The number of benzene rings is 1. The first-order chi connectivity index (χ1) is 9.77. The van der Waals surface area contributed by atoms with E-state index in [1.54, 1.807) is 6.92 Å². The molecule has 21 heavy (non-hydrogen) atoms. The van der Waals surface area contributed by atoms with Crippen LogP contribution in [0.1, 0.15) is 17.1 Å². The lowest BCUT2D eigenvalue weighted by Gasteiger charge is -2.11. The standard InChI is InChI=1S/C13H14ClFN2O3S/c1-7-9(6-16)13(8(2)20-7)21(18,19)17-12-10(14)4-3-5-11(12)15/h3-5,17H,6,16H2,1-2H3. The molecule has 2 aromatic rings. The summed E-state index contributed by atoms with van der Waals surface area (Å²) in [5.74, 6) is -0.166. The SMILES string of the molecule is Cc1oc(C)c(S(=O)(=O)Nc2c(F)cccc2Cl)c1CN. The number of halogens is 2. The van der Waals surface area contributed by atoms with Gasteiger partial charge >= 0.3 is 0 Å². The Balaban J connectivity index is 2.54. The summed E-state index contributed by atoms with van der Waals surface area (Å²) in [6, 6.07) is 3.88. The number of nitrogens with two attached hydrogens (primary N) is 1. The van der Waals surface area contributed by atoms with Crippen molar-refractivity contribution in [1.29, 1.82) is 0 Å². The Hall–Kier alpha value is -1.57. The van der Waals surface area contributed by atoms with Crippen molar-refractivity contribution < 1.29 is 17.2 Å². The zero-order chi connectivity index (χ0) is 15.8. The molecule has 5 nitrogen and oxygen atoms in total. The molecule has 0 aliphatic rings. The van der Waals surface area contributed by atoms with E-state index in [0.29, 0.717) is 11.3 Å². The van der Waals surface area contributed by atoms with Gasteiger partial charge in [-0.2, -0.15) is 0 Å². The van der Waals surface area contributed by atoms with Crippen molar-refractivity contribution in [2.45, 2.75) is 25.3 Å². The van der Waals surface area contributed by atoms with E-state index in [0.717, 1.165) is 6.07 Å². The summed E-state index contributed by atoms with van der Waals surface area (Å²) in [6.45, 7) is 3.11. The molecule has 0 unspecified atom stereocenters. The molecular weight excluding hydrogens is 319 g/mol. The highest BCUT2D eigenvalue weighted by Crippen LogP contribution is 2.31. The Morgan fingerprint density at radius 2 is 2.00 bits per heavy atom. The molecule has 0 fully saturated rings. The third kappa shape index (κ3) is 2.90. The first kappa shape index (κ1) is 15.8. The minimum Gasteiger partial charge on any atom is -0.465 e. The van der Waals surface area contributed by atoms with Gasteiger partial charge in [-0.25, -0.2) is 12.8 Å². The van der Waals surface area contributed by atoms with Crippen LogP contribution in [0.25, 0.3) is 0 Å². The lowest BCUT2D eigenvalue weighted by atomic mass is 10.2. The number of nitrogens with one attached hydrogen (secondary N) is 1. The second kappa shape index (κ2) is 5.67. The molecule has 0 saturated carbocycles. The number of anilines is 1. The fraction of sp³-hybridized carbons (Fsp3) is 0.231. The van der Waals surface area contributed by atoms with Gasteiger partial charge in [0.15, 0.2) is 0 Å². The molecule has 3 N–H and O–H groups in total. The second-order valence-corrected chi connectivity index (χ2v) is 6.45. The summed E-state index contributed by atoms with van der Waals surface area (Å²) >= 11 is 5.83. The zero-order valence-corrected chi connectivity index (χ0v) is 13.0. The number of hydrogen-bond acceptors (Lipinski definition) is 4. The molecule has 0 saturated heterocycles. The summed E-state index contributed by atoms with van der Waals surface area (Å²) in [4.78, 5) is -0.0816. The van der Waals surface area contributed by atoms with Crippen molar-refractivity contribution in [3.05, 3.63) is 46.1 Å². The first-order valence-electron chi connectivity index (χ1n) is 6.03. The van der Waals surface area contributed by atoms with Gasteiger partial charge in [-0.15, -0.1) is 0 Å².